The summed E-state index contributed by atoms with van der Waals surface area (Å²) in [5, 5.41) is 0. The first-order valence-corrected chi connectivity index (χ1v) is 8.07. The molecule has 0 fully saturated rings. The molecule has 0 aliphatic carbocycles. The molecule has 0 aromatic heterocycles. The van der Waals surface area contributed by atoms with Crippen LogP contribution < -0.4 is 0 Å². The van der Waals surface area contributed by atoms with Crippen LogP contribution in [0.15, 0.2) is 0 Å². The molecule has 0 bridgehead atoms. The van der Waals surface area contributed by atoms with Gasteiger partial charge in [-0.15, -0.1) is 0 Å². The molecule has 15 heavy (non-hydrogen) atoms. The third kappa shape index (κ3) is 8.19. The summed E-state index contributed by atoms with van der Waals surface area (Å²) in [7, 11) is 0. The highest BCUT2D eigenvalue weighted by Gasteiger charge is 2.21. The Morgan fingerprint density at radius 2 is 1.60 bits per heavy atom. The average molecular weight is 230 g/mol. The quantitative estimate of drug-likeness (QED) is 0.445. The molecule has 1 atom stereocenters. The summed E-state index contributed by atoms with van der Waals surface area (Å²) in [5.74, 6) is 1.34. The molecule has 0 aliphatic rings. The number of rotatable bonds is 10. The van der Waals surface area contributed by atoms with Crippen molar-refractivity contribution in [3.63, 3.8) is 0 Å². The summed E-state index contributed by atoms with van der Waals surface area (Å²) in [6.45, 7) is 7.11. The van der Waals surface area contributed by atoms with Crippen molar-refractivity contribution < 1.29 is 0 Å². The van der Waals surface area contributed by atoms with Crippen LogP contribution in [-0.4, -0.2) is 12.0 Å². The van der Waals surface area contributed by atoms with Crippen molar-refractivity contribution >= 4 is 11.8 Å². The molecular formula is C14H30S. The molecule has 0 saturated carbocycles. The lowest BCUT2D eigenvalue weighted by Crippen LogP contribution is -2.17. The van der Waals surface area contributed by atoms with E-state index >= 15 is 0 Å². The van der Waals surface area contributed by atoms with Crippen LogP contribution in [0.2, 0.25) is 0 Å². The molecule has 0 nitrogen and oxygen atoms in total. The third-order valence-electron chi connectivity index (χ3n) is 3.40. The van der Waals surface area contributed by atoms with Crippen LogP contribution in [0.3, 0.4) is 0 Å². The van der Waals surface area contributed by atoms with Crippen molar-refractivity contribution in [3.05, 3.63) is 0 Å². The summed E-state index contributed by atoms with van der Waals surface area (Å²) < 4.78 is 0. The molecule has 1 unspecified atom stereocenters. The Morgan fingerprint density at radius 1 is 0.867 bits per heavy atom. The van der Waals surface area contributed by atoms with Gasteiger partial charge in [-0.3, -0.25) is 0 Å². The summed E-state index contributed by atoms with van der Waals surface area (Å²) in [4.78, 5) is 0. The maximum atomic E-state index is 2.50. The highest BCUT2D eigenvalue weighted by molar-refractivity contribution is 7.98. The second-order valence-corrected chi connectivity index (χ2v) is 6.10. The van der Waals surface area contributed by atoms with Crippen LogP contribution in [0.5, 0.6) is 0 Å². The topological polar surface area (TPSA) is 0 Å². The van der Waals surface area contributed by atoms with Gasteiger partial charge < -0.3 is 0 Å². The smallest absolute Gasteiger partial charge is 0.00651 e. The Hall–Kier alpha value is 0.350. The summed E-state index contributed by atoms with van der Waals surface area (Å²) in [6, 6.07) is 0. The second kappa shape index (κ2) is 9.57. The van der Waals surface area contributed by atoms with Crippen LogP contribution in [0, 0.1) is 5.41 Å². The fourth-order valence-electron chi connectivity index (χ4n) is 2.31. The number of thioether (sulfide) groups is 1. The van der Waals surface area contributed by atoms with Gasteiger partial charge in [-0.1, -0.05) is 52.9 Å². The SMILES string of the molecule is CCCCCCC(C)(CCC)CCSC. The van der Waals surface area contributed by atoms with Crippen molar-refractivity contribution in [3.8, 4) is 0 Å². The standard InChI is InChI=1S/C14H30S/c1-5-7-8-9-11-14(3,10-6-2)12-13-15-4/h5-13H2,1-4H3. The van der Waals surface area contributed by atoms with Gasteiger partial charge in [0.2, 0.25) is 0 Å². The molecule has 0 aromatic carbocycles. The first-order chi connectivity index (χ1) is 7.18. The first kappa shape index (κ1) is 15.3. The molecule has 0 saturated heterocycles. The molecule has 92 valence electrons. The Bertz CT molecular complexity index is 133. The zero-order valence-corrected chi connectivity index (χ0v) is 12.1. The molecule has 0 rings (SSSR count). The van der Waals surface area contributed by atoms with Gasteiger partial charge in [-0.05, 0) is 36.7 Å². The van der Waals surface area contributed by atoms with E-state index in [-0.39, 0.29) is 0 Å². The normalized spacial score (nSPS) is 15.2. The second-order valence-electron chi connectivity index (χ2n) is 5.11. The fourth-order valence-corrected chi connectivity index (χ4v) is 3.00. The molecule has 0 heterocycles. The van der Waals surface area contributed by atoms with Crippen molar-refractivity contribution in [2.24, 2.45) is 5.41 Å². The van der Waals surface area contributed by atoms with Crippen LogP contribution >= 0.6 is 11.8 Å². The van der Waals surface area contributed by atoms with E-state index in [1.54, 1.807) is 0 Å². The largest absolute Gasteiger partial charge is 0.165 e. The van der Waals surface area contributed by atoms with E-state index < -0.39 is 0 Å². The van der Waals surface area contributed by atoms with Gasteiger partial charge >= 0.3 is 0 Å². The summed E-state index contributed by atoms with van der Waals surface area (Å²) in [5.41, 5.74) is 0.630. The average Bonchev–Trinajstić information content (AvgIpc) is 2.22. The molecule has 0 amide bonds. The van der Waals surface area contributed by atoms with Gasteiger partial charge in [-0.2, -0.15) is 11.8 Å². The van der Waals surface area contributed by atoms with Crippen molar-refractivity contribution in [1.29, 1.82) is 0 Å². The summed E-state index contributed by atoms with van der Waals surface area (Å²) >= 11 is 2.00. The lowest BCUT2D eigenvalue weighted by atomic mass is 9.78. The molecule has 0 aromatic rings. The van der Waals surface area contributed by atoms with E-state index in [1.807, 2.05) is 11.8 Å². The maximum Gasteiger partial charge on any atom is -0.00651 e. The van der Waals surface area contributed by atoms with Crippen molar-refractivity contribution in [1.82, 2.24) is 0 Å². The Kier molecular flexibility index (Phi) is 9.79. The van der Waals surface area contributed by atoms with Gasteiger partial charge in [0.15, 0.2) is 0 Å². The van der Waals surface area contributed by atoms with Crippen molar-refractivity contribution in [2.45, 2.75) is 72.1 Å². The van der Waals surface area contributed by atoms with Crippen LogP contribution in [-0.2, 0) is 0 Å². The maximum absolute atomic E-state index is 2.50. The zero-order chi connectivity index (χ0) is 11.6. The van der Waals surface area contributed by atoms with Gasteiger partial charge in [0.05, 0.1) is 0 Å². The lowest BCUT2D eigenvalue weighted by molar-refractivity contribution is 0.250. The van der Waals surface area contributed by atoms with Gasteiger partial charge in [0.25, 0.3) is 0 Å². The van der Waals surface area contributed by atoms with E-state index in [0.717, 1.165) is 0 Å². The Morgan fingerprint density at radius 3 is 2.13 bits per heavy atom. The van der Waals surface area contributed by atoms with E-state index in [2.05, 4.69) is 27.0 Å². The first-order valence-electron chi connectivity index (χ1n) is 6.67. The van der Waals surface area contributed by atoms with Crippen molar-refractivity contribution in [2.75, 3.05) is 12.0 Å². The third-order valence-corrected chi connectivity index (χ3v) is 4.01. The minimum absolute atomic E-state index is 0.630. The monoisotopic (exact) mass is 230 g/mol. The molecule has 0 N–H and O–H groups in total. The Labute approximate surface area is 102 Å². The predicted octanol–water partition coefficient (Wildman–Crippen LogP) is 5.52. The van der Waals surface area contributed by atoms with E-state index in [4.69, 9.17) is 0 Å². The van der Waals surface area contributed by atoms with E-state index in [1.165, 1.54) is 57.1 Å². The zero-order valence-electron chi connectivity index (χ0n) is 11.3. The molecule has 0 radical (unpaired) electrons. The van der Waals surface area contributed by atoms with Crippen LogP contribution in [0.1, 0.15) is 72.1 Å². The van der Waals surface area contributed by atoms with Gasteiger partial charge in [0.1, 0.15) is 0 Å². The fraction of sp³-hybridized carbons (Fsp3) is 1.00. The van der Waals surface area contributed by atoms with E-state index in [0.29, 0.717) is 5.41 Å². The summed E-state index contributed by atoms with van der Waals surface area (Å²) in [6.07, 6.45) is 13.5. The molecule has 0 spiro atoms. The number of unbranched alkanes of at least 4 members (excludes halogenated alkanes) is 3. The minimum Gasteiger partial charge on any atom is -0.165 e. The lowest BCUT2D eigenvalue weighted by Gasteiger charge is -2.29. The predicted molar refractivity (Wildman–Crippen MR) is 74.8 cm³/mol. The molecule has 1 heteroatoms. The van der Waals surface area contributed by atoms with Crippen LogP contribution in [0.25, 0.3) is 0 Å². The van der Waals surface area contributed by atoms with E-state index in [9.17, 15) is 0 Å². The number of hydrogen-bond donors (Lipinski definition) is 0. The highest BCUT2D eigenvalue weighted by atomic mass is 32.2. The van der Waals surface area contributed by atoms with Crippen LogP contribution in [0.4, 0.5) is 0 Å². The molecule has 0 aliphatic heterocycles. The van der Waals surface area contributed by atoms with Gasteiger partial charge in [-0.25, -0.2) is 0 Å². The number of hydrogen-bond acceptors (Lipinski definition) is 1. The Balaban J connectivity index is 3.78. The molecular weight excluding hydrogens is 200 g/mol. The minimum atomic E-state index is 0.630. The highest BCUT2D eigenvalue weighted by Crippen LogP contribution is 2.34. The van der Waals surface area contributed by atoms with Gasteiger partial charge in [0, 0.05) is 0 Å².